The summed E-state index contributed by atoms with van der Waals surface area (Å²) in [4.78, 5) is 12.1. The van der Waals surface area contributed by atoms with Crippen LogP contribution in [0.4, 0.5) is 5.69 Å². The van der Waals surface area contributed by atoms with Gasteiger partial charge in [0.15, 0.2) is 0 Å². The third-order valence-electron chi connectivity index (χ3n) is 5.65. The number of rotatable bonds is 1. The van der Waals surface area contributed by atoms with Gasteiger partial charge in [0.25, 0.3) is 0 Å². The van der Waals surface area contributed by atoms with Crippen LogP contribution in [0, 0.1) is 6.57 Å². The van der Waals surface area contributed by atoms with Gasteiger partial charge in [-0.05, 0) is 32.8 Å². The molecule has 2 bridgehead atoms. The molecule has 2 aromatic heterocycles. The molecular weight excluding hydrogens is 332 g/mol. The van der Waals surface area contributed by atoms with Crippen LogP contribution in [-0.4, -0.2) is 24.7 Å². The summed E-state index contributed by atoms with van der Waals surface area (Å²) < 4.78 is 7.52. The van der Waals surface area contributed by atoms with E-state index < -0.39 is 11.2 Å². The molecule has 2 aliphatic heterocycles. The quantitative estimate of drug-likeness (QED) is 0.656. The van der Waals surface area contributed by atoms with Crippen molar-refractivity contribution in [1.29, 1.82) is 0 Å². The van der Waals surface area contributed by atoms with E-state index in [1.807, 2.05) is 13.8 Å². The molecule has 26 heavy (non-hydrogen) atoms. The Kier molecular flexibility index (Phi) is 2.65. The Bertz CT molecular complexity index is 1110. The molecule has 0 amide bonds. The molecule has 130 valence electrons. The third-order valence-corrected chi connectivity index (χ3v) is 5.65. The maximum absolute atomic E-state index is 11.0. The number of aromatic hydroxyl groups is 2. The smallest absolute Gasteiger partial charge is 0.214 e. The van der Waals surface area contributed by atoms with E-state index in [-0.39, 0.29) is 11.8 Å². The summed E-state index contributed by atoms with van der Waals surface area (Å²) in [7, 11) is 0. The van der Waals surface area contributed by atoms with Gasteiger partial charge in [-0.2, -0.15) is 0 Å². The normalized spacial score (nSPS) is 26.2. The highest BCUT2D eigenvalue weighted by atomic mass is 16.5. The van der Waals surface area contributed by atoms with Crippen LogP contribution in [0.3, 0.4) is 0 Å². The largest absolute Gasteiger partial charge is 0.494 e. The molecule has 1 fully saturated rings. The van der Waals surface area contributed by atoms with E-state index in [1.165, 1.54) is 17.0 Å². The molecule has 2 N–H and O–H groups in total. The summed E-state index contributed by atoms with van der Waals surface area (Å²) in [6.07, 6.45) is 4.61. The highest BCUT2D eigenvalue weighted by Crippen LogP contribution is 2.64. The summed E-state index contributed by atoms with van der Waals surface area (Å²) in [5.41, 5.74) is 1.77. The summed E-state index contributed by atoms with van der Waals surface area (Å²) in [5, 5.41) is 22.0. The standard InChI is InChI=1S/C19H16N4O3/c1-18-6-7-19(2,26-18)13-12(18)16(24)23(17(13)25)11-5-4-10(20-3)14-15(11)22-9-8-21-14/h4-5,8-9,24-25H,6-7H2,1-2H3. The second-order valence-electron chi connectivity index (χ2n) is 7.27. The molecule has 2 atom stereocenters. The Hall–Kier alpha value is -3.11. The molecule has 5 rings (SSSR count). The van der Waals surface area contributed by atoms with E-state index in [0.29, 0.717) is 33.5 Å². The van der Waals surface area contributed by atoms with Crippen LogP contribution >= 0.6 is 0 Å². The van der Waals surface area contributed by atoms with Gasteiger partial charge in [-0.15, -0.1) is 0 Å². The zero-order valence-corrected chi connectivity index (χ0v) is 14.3. The zero-order chi connectivity index (χ0) is 18.3. The van der Waals surface area contributed by atoms with Crippen molar-refractivity contribution in [3.05, 3.63) is 47.1 Å². The van der Waals surface area contributed by atoms with Gasteiger partial charge in [-0.25, -0.2) is 9.41 Å². The summed E-state index contributed by atoms with van der Waals surface area (Å²) >= 11 is 0. The molecule has 0 aliphatic carbocycles. The Morgan fingerprint density at radius 1 is 1.04 bits per heavy atom. The van der Waals surface area contributed by atoms with Gasteiger partial charge in [0, 0.05) is 12.4 Å². The molecule has 0 radical (unpaired) electrons. The summed E-state index contributed by atoms with van der Waals surface area (Å²) in [6, 6.07) is 3.30. The van der Waals surface area contributed by atoms with Gasteiger partial charge < -0.3 is 14.9 Å². The first-order chi connectivity index (χ1) is 12.4. The Labute approximate surface area is 149 Å². The highest BCUT2D eigenvalue weighted by Gasteiger charge is 2.59. The topological polar surface area (TPSA) is 84.8 Å². The Balaban J connectivity index is 1.86. The van der Waals surface area contributed by atoms with Gasteiger partial charge in [-0.3, -0.25) is 9.97 Å². The fourth-order valence-electron chi connectivity index (χ4n) is 4.51. The van der Waals surface area contributed by atoms with Crippen LogP contribution in [0.25, 0.3) is 21.6 Å². The Morgan fingerprint density at radius 2 is 1.62 bits per heavy atom. The average molecular weight is 348 g/mol. The molecule has 2 unspecified atom stereocenters. The van der Waals surface area contributed by atoms with Crippen LogP contribution in [0.1, 0.15) is 37.8 Å². The first kappa shape index (κ1) is 15.2. The number of fused-ring (bicyclic) bond motifs is 6. The lowest BCUT2D eigenvalue weighted by Crippen LogP contribution is -2.17. The second kappa shape index (κ2) is 4.54. The van der Waals surface area contributed by atoms with Gasteiger partial charge in [-0.1, -0.05) is 6.07 Å². The lowest BCUT2D eigenvalue weighted by molar-refractivity contribution is -0.0683. The molecule has 4 heterocycles. The third kappa shape index (κ3) is 1.60. The number of nitrogens with zero attached hydrogens (tertiary/aromatic N) is 4. The number of benzene rings is 1. The first-order valence-electron chi connectivity index (χ1n) is 8.39. The molecule has 7 heteroatoms. The van der Waals surface area contributed by atoms with Crippen molar-refractivity contribution < 1.29 is 14.9 Å². The molecule has 0 spiro atoms. The van der Waals surface area contributed by atoms with Crippen molar-refractivity contribution in [1.82, 2.24) is 14.5 Å². The monoisotopic (exact) mass is 348 g/mol. The number of ether oxygens (including phenoxy) is 1. The second-order valence-corrected chi connectivity index (χ2v) is 7.27. The summed E-state index contributed by atoms with van der Waals surface area (Å²) in [6.45, 7) is 11.2. The average Bonchev–Trinajstić information content (AvgIpc) is 3.18. The van der Waals surface area contributed by atoms with Gasteiger partial charge in [0.05, 0.1) is 40.1 Å². The fraction of sp³-hybridized carbons (Fsp3) is 0.316. The van der Waals surface area contributed by atoms with Crippen molar-refractivity contribution >= 4 is 16.7 Å². The van der Waals surface area contributed by atoms with Gasteiger partial charge >= 0.3 is 0 Å². The lowest BCUT2D eigenvalue weighted by atomic mass is 9.80. The minimum Gasteiger partial charge on any atom is -0.494 e. The predicted molar refractivity (Wildman–Crippen MR) is 93.5 cm³/mol. The van der Waals surface area contributed by atoms with Crippen LogP contribution in [0.5, 0.6) is 11.8 Å². The molecule has 1 saturated heterocycles. The van der Waals surface area contributed by atoms with E-state index in [4.69, 9.17) is 11.3 Å². The molecule has 1 aromatic carbocycles. The minimum absolute atomic E-state index is 0.0501. The van der Waals surface area contributed by atoms with Crippen LogP contribution in [-0.2, 0) is 15.9 Å². The minimum atomic E-state index is -0.616. The van der Waals surface area contributed by atoms with E-state index >= 15 is 0 Å². The molecule has 7 nitrogen and oxygen atoms in total. The van der Waals surface area contributed by atoms with Crippen LogP contribution in [0.15, 0.2) is 24.5 Å². The Morgan fingerprint density at radius 3 is 2.19 bits per heavy atom. The fourth-order valence-corrected chi connectivity index (χ4v) is 4.51. The maximum atomic E-state index is 11.0. The lowest BCUT2D eigenvalue weighted by Gasteiger charge is -2.21. The summed E-state index contributed by atoms with van der Waals surface area (Å²) in [5.74, 6) is -0.100. The van der Waals surface area contributed by atoms with Gasteiger partial charge in [0.2, 0.25) is 17.4 Å². The molecule has 2 aliphatic rings. The van der Waals surface area contributed by atoms with Crippen LogP contribution < -0.4 is 0 Å². The van der Waals surface area contributed by atoms with E-state index in [9.17, 15) is 10.2 Å². The van der Waals surface area contributed by atoms with E-state index in [1.54, 1.807) is 12.1 Å². The van der Waals surface area contributed by atoms with E-state index in [2.05, 4.69) is 14.8 Å². The maximum Gasteiger partial charge on any atom is 0.214 e. The van der Waals surface area contributed by atoms with Crippen molar-refractivity contribution in [3.8, 4) is 17.4 Å². The predicted octanol–water partition coefficient (Wildman–Crippen LogP) is 3.64. The van der Waals surface area contributed by atoms with E-state index in [0.717, 1.165) is 12.8 Å². The number of hydrogen-bond acceptors (Lipinski definition) is 5. The van der Waals surface area contributed by atoms with Crippen molar-refractivity contribution in [2.75, 3.05) is 0 Å². The number of aromatic nitrogens is 3. The zero-order valence-electron chi connectivity index (χ0n) is 14.3. The SMILES string of the molecule is [C-]#[N+]c1ccc(-n2c(O)c3c(c2O)C2(C)CCC3(C)O2)c2nccnc12. The first-order valence-corrected chi connectivity index (χ1v) is 8.39. The van der Waals surface area contributed by atoms with Crippen molar-refractivity contribution in [3.63, 3.8) is 0 Å². The molecular formula is C19H16N4O3. The molecule has 3 aromatic rings. The van der Waals surface area contributed by atoms with Crippen LogP contribution in [0.2, 0.25) is 0 Å². The van der Waals surface area contributed by atoms with Crippen molar-refractivity contribution in [2.24, 2.45) is 0 Å². The van der Waals surface area contributed by atoms with Crippen molar-refractivity contribution in [2.45, 2.75) is 37.9 Å². The van der Waals surface area contributed by atoms with Gasteiger partial charge in [0.1, 0.15) is 5.52 Å². The highest BCUT2D eigenvalue weighted by molar-refractivity contribution is 5.94. The molecule has 0 saturated carbocycles. The number of hydrogen-bond donors (Lipinski definition) is 2.